The fraction of sp³-hybridized carbons (Fsp3) is 0.321. The SMILES string of the molecule is CC[C@]1(c2cccc(-c3ccncc3OC)c2)C2=C(CC(C)(C)CC2=O)Nc2ncc(F)cc21. The molecule has 1 atom stereocenters. The van der Waals surface area contributed by atoms with Gasteiger partial charge in [-0.05, 0) is 47.6 Å². The number of nitrogens with zero attached hydrogens (tertiary/aromatic N) is 2. The smallest absolute Gasteiger partial charge is 0.162 e. The molecular weight excluding hydrogens is 429 g/mol. The van der Waals surface area contributed by atoms with E-state index >= 15 is 0 Å². The molecule has 1 aromatic carbocycles. The van der Waals surface area contributed by atoms with Gasteiger partial charge in [-0.25, -0.2) is 9.37 Å². The number of ether oxygens (including phenoxy) is 1. The van der Waals surface area contributed by atoms with Crippen molar-refractivity contribution in [3.05, 3.63) is 83.2 Å². The van der Waals surface area contributed by atoms with E-state index in [1.54, 1.807) is 19.5 Å². The summed E-state index contributed by atoms with van der Waals surface area (Å²) in [6, 6.07) is 11.5. The normalized spacial score (nSPS) is 20.9. The quantitative estimate of drug-likeness (QED) is 0.516. The maximum atomic E-state index is 14.6. The molecule has 3 heterocycles. The molecule has 3 aromatic rings. The van der Waals surface area contributed by atoms with E-state index in [1.807, 2.05) is 24.3 Å². The predicted molar refractivity (Wildman–Crippen MR) is 130 cm³/mol. The number of ketones is 1. The summed E-state index contributed by atoms with van der Waals surface area (Å²) in [5, 5.41) is 3.39. The zero-order valence-corrected chi connectivity index (χ0v) is 19.9. The van der Waals surface area contributed by atoms with Crippen molar-refractivity contribution in [3.63, 3.8) is 0 Å². The summed E-state index contributed by atoms with van der Waals surface area (Å²) in [6.45, 7) is 6.26. The second-order valence-electron chi connectivity index (χ2n) is 9.88. The number of carbonyl (C=O) groups is 1. The number of halogens is 1. The molecular formula is C28H28FN3O2. The standard InChI is InChI=1S/C28H28FN3O2/c1-5-28(18-8-6-7-17(11-18)20-9-10-30-16-24(20)34-4)21-12-19(29)15-31-26(21)32-22-13-27(2,3)14-23(33)25(22)28/h6-12,15-16H,5,13-14H2,1-4H3,(H,31,32)/t28-/m1/s1. The van der Waals surface area contributed by atoms with Gasteiger partial charge in [0.25, 0.3) is 0 Å². The van der Waals surface area contributed by atoms with Gasteiger partial charge in [0.2, 0.25) is 0 Å². The Kier molecular flexibility index (Phi) is 5.27. The van der Waals surface area contributed by atoms with Crippen LogP contribution >= 0.6 is 0 Å². The van der Waals surface area contributed by atoms with Gasteiger partial charge in [-0.1, -0.05) is 39.0 Å². The van der Waals surface area contributed by atoms with E-state index < -0.39 is 11.2 Å². The molecule has 0 fully saturated rings. The Bertz CT molecular complexity index is 1330. The zero-order valence-electron chi connectivity index (χ0n) is 19.9. The van der Waals surface area contributed by atoms with Crippen LogP contribution in [0, 0.1) is 11.2 Å². The fourth-order valence-corrected chi connectivity index (χ4v) is 5.67. The number of methoxy groups -OCH3 is 1. The van der Waals surface area contributed by atoms with Crippen molar-refractivity contribution in [1.29, 1.82) is 0 Å². The number of Topliss-reactive ketones (excluding diaryl/α,β-unsaturated/α-hetero) is 1. The molecule has 0 unspecified atom stereocenters. The van der Waals surface area contributed by atoms with Gasteiger partial charge < -0.3 is 10.1 Å². The Morgan fingerprint density at radius 2 is 1.97 bits per heavy atom. The second kappa shape index (κ2) is 8.05. The van der Waals surface area contributed by atoms with Crippen molar-refractivity contribution >= 4 is 11.6 Å². The lowest BCUT2D eigenvalue weighted by Crippen LogP contribution is -2.43. The number of benzene rings is 1. The van der Waals surface area contributed by atoms with Crippen LogP contribution in [0.4, 0.5) is 10.2 Å². The van der Waals surface area contributed by atoms with Crippen LogP contribution in [0.2, 0.25) is 0 Å². The molecule has 0 amide bonds. The van der Waals surface area contributed by atoms with Crippen molar-refractivity contribution in [2.75, 3.05) is 12.4 Å². The topological polar surface area (TPSA) is 64.1 Å². The third kappa shape index (κ3) is 3.40. The molecule has 34 heavy (non-hydrogen) atoms. The highest BCUT2D eigenvalue weighted by atomic mass is 19.1. The van der Waals surface area contributed by atoms with Gasteiger partial charge in [-0.2, -0.15) is 0 Å². The largest absolute Gasteiger partial charge is 0.494 e. The minimum absolute atomic E-state index is 0.0994. The molecule has 0 spiro atoms. The highest BCUT2D eigenvalue weighted by molar-refractivity contribution is 6.03. The van der Waals surface area contributed by atoms with E-state index in [1.165, 1.54) is 12.3 Å². The Balaban J connectivity index is 1.80. The molecule has 0 radical (unpaired) electrons. The molecule has 0 bridgehead atoms. The van der Waals surface area contributed by atoms with E-state index in [0.29, 0.717) is 30.0 Å². The Morgan fingerprint density at radius 3 is 2.74 bits per heavy atom. The summed E-state index contributed by atoms with van der Waals surface area (Å²) in [4.78, 5) is 22.3. The first kappa shape index (κ1) is 22.3. The molecule has 2 aromatic heterocycles. The number of aromatic nitrogens is 2. The van der Waals surface area contributed by atoms with E-state index in [-0.39, 0.29) is 11.2 Å². The third-order valence-corrected chi connectivity index (χ3v) is 7.09. The van der Waals surface area contributed by atoms with E-state index in [0.717, 1.165) is 34.4 Å². The first-order valence-electron chi connectivity index (χ1n) is 11.6. The maximum absolute atomic E-state index is 14.6. The summed E-state index contributed by atoms with van der Waals surface area (Å²) in [7, 11) is 1.62. The number of anilines is 1. The summed E-state index contributed by atoms with van der Waals surface area (Å²) in [5.74, 6) is 0.957. The van der Waals surface area contributed by atoms with Gasteiger partial charge in [-0.15, -0.1) is 0 Å². The summed E-state index contributed by atoms with van der Waals surface area (Å²) in [5.41, 5.74) is 4.13. The van der Waals surface area contributed by atoms with Crippen molar-refractivity contribution in [2.24, 2.45) is 5.41 Å². The van der Waals surface area contributed by atoms with E-state index in [9.17, 15) is 9.18 Å². The Morgan fingerprint density at radius 1 is 1.15 bits per heavy atom. The molecule has 1 N–H and O–H groups in total. The average molecular weight is 458 g/mol. The average Bonchev–Trinajstić information content (AvgIpc) is 2.82. The van der Waals surface area contributed by atoms with Crippen LogP contribution in [0.5, 0.6) is 5.75 Å². The van der Waals surface area contributed by atoms with Gasteiger partial charge >= 0.3 is 0 Å². The molecule has 6 heteroatoms. The second-order valence-corrected chi connectivity index (χ2v) is 9.88. The van der Waals surface area contributed by atoms with Crippen molar-refractivity contribution in [3.8, 4) is 16.9 Å². The van der Waals surface area contributed by atoms with Crippen LogP contribution in [0.1, 0.15) is 51.2 Å². The number of nitrogens with one attached hydrogen (secondary N) is 1. The fourth-order valence-electron chi connectivity index (χ4n) is 5.67. The van der Waals surface area contributed by atoms with Crippen LogP contribution in [-0.2, 0) is 10.2 Å². The molecule has 1 aliphatic heterocycles. The summed E-state index contributed by atoms with van der Waals surface area (Å²) < 4.78 is 20.1. The number of hydrogen-bond donors (Lipinski definition) is 1. The minimum Gasteiger partial charge on any atom is -0.494 e. The van der Waals surface area contributed by atoms with Crippen LogP contribution in [0.25, 0.3) is 11.1 Å². The number of rotatable bonds is 4. The van der Waals surface area contributed by atoms with Crippen molar-refractivity contribution in [1.82, 2.24) is 9.97 Å². The number of allylic oxidation sites excluding steroid dienone is 2. The Labute approximate surface area is 199 Å². The summed E-state index contributed by atoms with van der Waals surface area (Å²) in [6.07, 6.45) is 6.41. The first-order valence-corrected chi connectivity index (χ1v) is 11.6. The Hall–Kier alpha value is -3.54. The molecule has 5 rings (SSSR count). The lowest BCUT2D eigenvalue weighted by atomic mass is 9.59. The van der Waals surface area contributed by atoms with Crippen molar-refractivity contribution in [2.45, 2.75) is 45.4 Å². The monoisotopic (exact) mass is 457 g/mol. The van der Waals surface area contributed by atoms with Crippen LogP contribution in [-0.4, -0.2) is 22.9 Å². The van der Waals surface area contributed by atoms with Gasteiger partial charge in [0.05, 0.1) is 24.9 Å². The lowest BCUT2D eigenvalue weighted by molar-refractivity contribution is -0.118. The predicted octanol–water partition coefficient (Wildman–Crippen LogP) is 6.06. The van der Waals surface area contributed by atoms with E-state index in [2.05, 4.69) is 42.1 Å². The highest BCUT2D eigenvalue weighted by Gasteiger charge is 2.49. The third-order valence-electron chi connectivity index (χ3n) is 7.09. The molecule has 1 aliphatic carbocycles. The summed E-state index contributed by atoms with van der Waals surface area (Å²) >= 11 is 0. The van der Waals surface area contributed by atoms with Crippen LogP contribution in [0.3, 0.4) is 0 Å². The number of hydrogen-bond acceptors (Lipinski definition) is 5. The molecule has 174 valence electrons. The minimum atomic E-state index is -0.811. The highest BCUT2D eigenvalue weighted by Crippen LogP contribution is 2.54. The van der Waals surface area contributed by atoms with Gasteiger partial charge in [0.15, 0.2) is 5.78 Å². The number of fused-ring (bicyclic) bond motifs is 1. The molecule has 2 aliphatic rings. The zero-order chi connectivity index (χ0) is 24.1. The first-order chi connectivity index (χ1) is 16.3. The molecule has 5 nitrogen and oxygen atoms in total. The van der Waals surface area contributed by atoms with E-state index in [4.69, 9.17) is 4.74 Å². The molecule has 0 saturated carbocycles. The van der Waals surface area contributed by atoms with Crippen molar-refractivity contribution < 1.29 is 13.9 Å². The number of pyridine rings is 2. The van der Waals surface area contributed by atoms with Crippen LogP contribution < -0.4 is 10.1 Å². The van der Waals surface area contributed by atoms with Gasteiger partial charge in [0.1, 0.15) is 17.4 Å². The lowest BCUT2D eigenvalue weighted by Gasteiger charge is -2.46. The molecule has 0 saturated heterocycles. The maximum Gasteiger partial charge on any atom is 0.162 e. The van der Waals surface area contributed by atoms with Gasteiger partial charge in [0, 0.05) is 35.0 Å². The number of carbonyl (C=O) groups excluding carboxylic acids is 1. The van der Waals surface area contributed by atoms with Gasteiger partial charge in [-0.3, -0.25) is 9.78 Å². The van der Waals surface area contributed by atoms with Crippen LogP contribution in [0.15, 0.2) is 66.3 Å².